The van der Waals surface area contributed by atoms with Gasteiger partial charge in [0.25, 0.3) is 0 Å². The van der Waals surface area contributed by atoms with Gasteiger partial charge < -0.3 is 14.9 Å². The molecule has 8 nitrogen and oxygen atoms in total. The lowest BCUT2D eigenvalue weighted by molar-refractivity contribution is -0.148. The van der Waals surface area contributed by atoms with Gasteiger partial charge >= 0.3 is 5.97 Å². The standard InChI is InChI=1S/C17H26N4O4/c1-10-16(12(3)22)11(2)21(18-10)7-6-15(23)20-9-13(19(4)5)8-14(20)17(24)25/h13-14H,6-9H2,1-5H3,(H,24,25)/t13-,14+/m1/s1. The van der Waals surface area contributed by atoms with Crippen molar-refractivity contribution in [3.63, 3.8) is 0 Å². The minimum atomic E-state index is -0.970. The number of nitrogens with zero attached hydrogens (tertiary/aromatic N) is 4. The van der Waals surface area contributed by atoms with E-state index in [4.69, 9.17) is 0 Å². The van der Waals surface area contributed by atoms with Crippen LogP contribution in [-0.4, -0.2) is 75.1 Å². The van der Waals surface area contributed by atoms with Crippen molar-refractivity contribution in [3.05, 3.63) is 17.0 Å². The Kier molecular flexibility index (Phi) is 5.62. The maximum absolute atomic E-state index is 12.6. The van der Waals surface area contributed by atoms with Crippen molar-refractivity contribution in [2.75, 3.05) is 20.6 Å². The number of likely N-dealkylation sites (tertiary alicyclic amines) is 1. The smallest absolute Gasteiger partial charge is 0.326 e. The fourth-order valence-electron chi connectivity index (χ4n) is 3.47. The second-order valence-electron chi connectivity index (χ2n) is 6.83. The van der Waals surface area contributed by atoms with E-state index in [-0.39, 0.29) is 24.2 Å². The second-order valence-corrected chi connectivity index (χ2v) is 6.83. The van der Waals surface area contributed by atoms with E-state index in [0.717, 1.165) is 5.69 Å². The van der Waals surface area contributed by atoms with Gasteiger partial charge in [0.1, 0.15) is 6.04 Å². The number of aliphatic carboxylic acids is 1. The second kappa shape index (κ2) is 7.35. The molecule has 0 saturated carbocycles. The van der Waals surface area contributed by atoms with Gasteiger partial charge in [-0.1, -0.05) is 0 Å². The number of aromatic nitrogens is 2. The van der Waals surface area contributed by atoms with Gasteiger partial charge in [0.2, 0.25) is 5.91 Å². The molecule has 2 atom stereocenters. The summed E-state index contributed by atoms with van der Waals surface area (Å²) >= 11 is 0. The van der Waals surface area contributed by atoms with Crippen LogP contribution in [-0.2, 0) is 16.1 Å². The van der Waals surface area contributed by atoms with Crippen LogP contribution >= 0.6 is 0 Å². The molecular weight excluding hydrogens is 324 g/mol. The SMILES string of the molecule is CC(=O)c1c(C)nn(CCC(=O)N2C[C@H](N(C)C)C[C@H]2C(=O)O)c1C. The number of aryl methyl sites for hydroxylation is 2. The van der Waals surface area contributed by atoms with Crippen molar-refractivity contribution in [1.82, 2.24) is 19.6 Å². The van der Waals surface area contributed by atoms with Gasteiger partial charge in [0, 0.05) is 31.2 Å². The topological polar surface area (TPSA) is 95.7 Å². The number of amides is 1. The van der Waals surface area contributed by atoms with Gasteiger partial charge in [0.15, 0.2) is 5.78 Å². The Morgan fingerprint density at radius 3 is 2.40 bits per heavy atom. The molecule has 1 aliphatic heterocycles. The number of carboxylic acid groups (broad SMARTS) is 1. The molecule has 1 saturated heterocycles. The summed E-state index contributed by atoms with van der Waals surface area (Å²) in [5.41, 5.74) is 1.97. The molecule has 0 radical (unpaired) electrons. The predicted molar refractivity (Wildman–Crippen MR) is 91.6 cm³/mol. The molecule has 1 aliphatic rings. The lowest BCUT2D eigenvalue weighted by Crippen LogP contribution is -2.41. The lowest BCUT2D eigenvalue weighted by Gasteiger charge is -2.22. The largest absolute Gasteiger partial charge is 0.480 e. The summed E-state index contributed by atoms with van der Waals surface area (Å²) in [6.07, 6.45) is 0.589. The Labute approximate surface area is 147 Å². The Hall–Kier alpha value is -2.22. The van der Waals surface area contributed by atoms with Crippen molar-refractivity contribution < 1.29 is 19.5 Å². The van der Waals surface area contributed by atoms with Gasteiger partial charge in [-0.2, -0.15) is 5.10 Å². The van der Waals surface area contributed by atoms with Gasteiger partial charge in [-0.15, -0.1) is 0 Å². The average molecular weight is 350 g/mol. The van der Waals surface area contributed by atoms with E-state index >= 15 is 0 Å². The monoisotopic (exact) mass is 350 g/mol. The number of hydrogen-bond acceptors (Lipinski definition) is 5. The van der Waals surface area contributed by atoms with Crippen LogP contribution in [0.15, 0.2) is 0 Å². The number of carbonyl (C=O) groups excluding carboxylic acids is 2. The Balaban J connectivity index is 2.08. The van der Waals surface area contributed by atoms with Crippen LogP contribution < -0.4 is 0 Å². The summed E-state index contributed by atoms with van der Waals surface area (Å²) in [6.45, 7) is 5.81. The van der Waals surface area contributed by atoms with E-state index in [2.05, 4.69) is 5.10 Å². The normalized spacial score (nSPS) is 20.3. The maximum atomic E-state index is 12.6. The molecule has 1 amide bonds. The molecule has 1 aromatic heterocycles. The molecule has 2 heterocycles. The van der Waals surface area contributed by atoms with Crippen molar-refractivity contribution in [1.29, 1.82) is 0 Å². The fraction of sp³-hybridized carbons (Fsp3) is 0.647. The number of carboxylic acids is 1. The van der Waals surface area contributed by atoms with Crippen molar-refractivity contribution in [2.45, 2.75) is 52.2 Å². The first-order chi connectivity index (χ1) is 11.6. The molecule has 1 fully saturated rings. The highest BCUT2D eigenvalue weighted by Gasteiger charge is 2.40. The molecule has 0 aliphatic carbocycles. The van der Waals surface area contributed by atoms with Crippen LogP contribution in [0.3, 0.4) is 0 Å². The van der Waals surface area contributed by atoms with Gasteiger partial charge in [-0.25, -0.2) is 4.79 Å². The molecule has 0 aromatic carbocycles. The van der Waals surface area contributed by atoms with E-state index in [1.807, 2.05) is 19.0 Å². The Morgan fingerprint density at radius 1 is 1.28 bits per heavy atom. The van der Waals surface area contributed by atoms with Crippen LogP contribution in [0.2, 0.25) is 0 Å². The highest BCUT2D eigenvalue weighted by atomic mass is 16.4. The van der Waals surface area contributed by atoms with Crippen molar-refractivity contribution in [3.8, 4) is 0 Å². The highest BCUT2D eigenvalue weighted by Crippen LogP contribution is 2.22. The van der Waals surface area contributed by atoms with Crippen molar-refractivity contribution >= 4 is 17.7 Å². The summed E-state index contributed by atoms with van der Waals surface area (Å²) in [4.78, 5) is 39.1. The molecule has 2 rings (SSSR count). The molecule has 25 heavy (non-hydrogen) atoms. The number of carbonyl (C=O) groups is 3. The predicted octanol–water partition coefficient (Wildman–Crippen LogP) is 0.708. The number of hydrogen-bond donors (Lipinski definition) is 1. The van der Waals surface area contributed by atoms with E-state index in [1.165, 1.54) is 11.8 Å². The third kappa shape index (κ3) is 3.89. The van der Waals surface area contributed by atoms with Crippen molar-refractivity contribution in [2.24, 2.45) is 0 Å². The van der Waals surface area contributed by atoms with Crippen LogP contribution in [0.25, 0.3) is 0 Å². The molecule has 0 unspecified atom stereocenters. The van der Waals surface area contributed by atoms with E-state index in [9.17, 15) is 19.5 Å². The third-order valence-corrected chi connectivity index (χ3v) is 4.89. The third-order valence-electron chi connectivity index (χ3n) is 4.89. The minimum Gasteiger partial charge on any atom is -0.480 e. The number of rotatable bonds is 6. The summed E-state index contributed by atoms with van der Waals surface area (Å²) in [5, 5.41) is 13.7. The molecule has 8 heteroatoms. The average Bonchev–Trinajstić information content (AvgIpc) is 3.06. The molecule has 138 valence electrons. The molecular formula is C17H26N4O4. The summed E-state index contributed by atoms with van der Waals surface area (Å²) in [5.74, 6) is -1.22. The van der Waals surface area contributed by atoms with Gasteiger partial charge in [-0.05, 0) is 41.3 Å². The van der Waals surface area contributed by atoms with Crippen LogP contribution in [0.5, 0.6) is 0 Å². The van der Waals surface area contributed by atoms with Crippen LogP contribution in [0, 0.1) is 13.8 Å². The summed E-state index contributed by atoms with van der Waals surface area (Å²) in [6, 6.07) is -0.740. The fourth-order valence-corrected chi connectivity index (χ4v) is 3.47. The summed E-state index contributed by atoms with van der Waals surface area (Å²) < 4.78 is 1.65. The van der Waals surface area contributed by atoms with Crippen LogP contribution in [0.4, 0.5) is 0 Å². The first-order valence-corrected chi connectivity index (χ1v) is 8.37. The number of likely N-dealkylation sites (N-methyl/N-ethyl adjacent to an activating group) is 1. The first kappa shape index (κ1) is 19.1. The van der Waals surface area contributed by atoms with Crippen LogP contribution in [0.1, 0.15) is 41.5 Å². The number of Topliss-reactive ketones (excluding diaryl/α,β-unsaturated/α-hetero) is 1. The van der Waals surface area contributed by atoms with E-state index in [1.54, 1.807) is 18.5 Å². The molecule has 0 bridgehead atoms. The maximum Gasteiger partial charge on any atom is 0.326 e. The summed E-state index contributed by atoms with van der Waals surface area (Å²) in [7, 11) is 3.77. The zero-order valence-electron chi connectivity index (χ0n) is 15.4. The zero-order chi connectivity index (χ0) is 18.9. The Bertz CT molecular complexity index is 695. The first-order valence-electron chi connectivity index (χ1n) is 8.37. The van der Waals surface area contributed by atoms with E-state index < -0.39 is 12.0 Å². The minimum absolute atomic E-state index is 0.0445. The van der Waals surface area contributed by atoms with Gasteiger partial charge in [-0.3, -0.25) is 14.3 Å². The molecule has 1 aromatic rings. The Morgan fingerprint density at radius 2 is 1.92 bits per heavy atom. The number of ketones is 1. The molecule has 1 N–H and O–H groups in total. The van der Waals surface area contributed by atoms with Gasteiger partial charge in [0.05, 0.1) is 11.3 Å². The molecule has 0 spiro atoms. The van der Waals surface area contributed by atoms with E-state index in [0.29, 0.717) is 30.8 Å². The highest BCUT2D eigenvalue weighted by molar-refractivity contribution is 5.96. The zero-order valence-corrected chi connectivity index (χ0v) is 15.4. The lowest BCUT2D eigenvalue weighted by atomic mass is 10.1. The quantitative estimate of drug-likeness (QED) is 0.759.